The lowest BCUT2D eigenvalue weighted by Gasteiger charge is -2.25. The van der Waals surface area contributed by atoms with Crippen molar-refractivity contribution < 1.29 is 19.4 Å². The van der Waals surface area contributed by atoms with Crippen LogP contribution in [0, 0.1) is 12.3 Å². The number of terminal acetylenes is 1. The van der Waals surface area contributed by atoms with Gasteiger partial charge in [0.05, 0.1) is 9.89 Å². The zero-order chi connectivity index (χ0) is 18.9. The molecule has 0 saturated heterocycles. The molecule has 0 bridgehead atoms. The molecule has 2 aromatic carbocycles. The summed E-state index contributed by atoms with van der Waals surface area (Å²) in [6, 6.07) is 11.2. The van der Waals surface area contributed by atoms with E-state index < -0.39 is 18.0 Å². The maximum absolute atomic E-state index is 13.4. The van der Waals surface area contributed by atoms with Crippen molar-refractivity contribution in [2.24, 2.45) is 0 Å². The number of carboxylic acids is 1. The number of hydrogen-bond donors (Lipinski definition) is 1. The Kier molecular flexibility index (Phi) is 5.22. The van der Waals surface area contributed by atoms with Crippen LogP contribution >= 0.6 is 31.9 Å². The summed E-state index contributed by atoms with van der Waals surface area (Å²) in [5.41, 5.74) is 1.38. The summed E-state index contributed by atoms with van der Waals surface area (Å²) in [5.74, 6) is 1.90. The van der Waals surface area contributed by atoms with E-state index in [4.69, 9.17) is 16.3 Å². The van der Waals surface area contributed by atoms with E-state index in [0.717, 1.165) is 11.1 Å². The molecular weight excluding hydrogens is 464 g/mol. The lowest BCUT2D eigenvalue weighted by molar-refractivity contribution is -0.139. The first kappa shape index (κ1) is 18.7. The number of hydrogen-bond acceptors (Lipinski definition) is 3. The zero-order valence-corrected chi connectivity index (χ0v) is 16.8. The molecule has 0 heterocycles. The highest BCUT2D eigenvalue weighted by molar-refractivity contribution is 9.13. The smallest absolute Gasteiger partial charge is 0.341 e. The fourth-order valence-electron chi connectivity index (χ4n) is 3.34. The third-order valence-electron chi connectivity index (χ3n) is 4.49. The van der Waals surface area contributed by atoms with Crippen molar-refractivity contribution in [3.63, 3.8) is 0 Å². The maximum Gasteiger partial charge on any atom is 0.341 e. The molecule has 0 spiro atoms. The molecule has 1 N–H and O–H groups in total. The molecule has 1 aliphatic rings. The van der Waals surface area contributed by atoms with Crippen LogP contribution in [0.15, 0.2) is 45.3 Å². The van der Waals surface area contributed by atoms with E-state index in [2.05, 4.69) is 37.8 Å². The second-order valence-corrected chi connectivity index (χ2v) is 7.64. The highest BCUT2D eigenvalue weighted by atomic mass is 79.9. The van der Waals surface area contributed by atoms with Crippen LogP contribution in [0.25, 0.3) is 0 Å². The number of carboxylic acid groups (broad SMARTS) is 1. The first-order valence-corrected chi connectivity index (χ1v) is 9.38. The number of aliphatic carboxylic acids is 1. The number of carbonyl (C=O) groups excluding carboxylic acids is 1. The molecule has 26 heavy (non-hydrogen) atoms. The molecule has 0 aromatic heterocycles. The van der Waals surface area contributed by atoms with Gasteiger partial charge >= 0.3 is 5.97 Å². The summed E-state index contributed by atoms with van der Waals surface area (Å²) in [5, 5.41) is 8.84. The zero-order valence-electron chi connectivity index (χ0n) is 13.6. The van der Waals surface area contributed by atoms with Crippen molar-refractivity contribution >= 4 is 43.6 Å². The largest absolute Gasteiger partial charge is 0.481 e. The number of halogens is 2. The fourth-order valence-corrected chi connectivity index (χ4v) is 4.39. The van der Waals surface area contributed by atoms with Crippen LogP contribution in [0.1, 0.15) is 27.9 Å². The van der Waals surface area contributed by atoms with Crippen molar-refractivity contribution in [3.8, 4) is 18.1 Å². The van der Waals surface area contributed by atoms with Gasteiger partial charge in [0.25, 0.3) is 0 Å². The van der Waals surface area contributed by atoms with Gasteiger partial charge in [0.1, 0.15) is 5.75 Å². The van der Waals surface area contributed by atoms with E-state index in [9.17, 15) is 9.59 Å². The van der Waals surface area contributed by atoms with Crippen molar-refractivity contribution in [2.75, 3.05) is 6.61 Å². The van der Waals surface area contributed by atoms with Crippen LogP contribution in [0.5, 0.6) is 5.75 Å². The van der Waals surface area contributed by atoms with Crippen molar-refractivity contribution in [2.45, 2.75) is 18.3 Å². The predicted octanol–water partition coefficient (Wildman–Crippen LogP) is 4.38. The van der Waals surface area contributed by atoms with Gasteiger partial charge in [0.15, 0.2) is 12.4 Å². The van der Waals surface area contributed by atoms with Gasteiger partial charge in [-0.25, -0.2) is 4.79 Å². The minimum Gasteiger partial charge on any atom is -0.481 e. The molecule has 0 amide bonds. The van der Waals surface area contributed by atoms with Gasteiger partial charge in [-0.15, -0.1) is 12.3 Å². The third-order valence-corrected chi connectivity index (χ3v) is 6.60. The normalized spacial score (nSPS) is 18.3. The monoisotopic (exact) mass is 476 g/mol. The van der Waals surface area contributed by atoms with Gasteiger partial charge in [-0.3, -0.25) is 4.79 Å². The summed E-state index contributed by atoms with van der Waals surface area (Å²) in [4.78, 5) is 24.2. The molecule has 1 atom stereocenters. The maximum atomic E-state index is 13.4. The summed E-state index contributed by atoms with van der Waals surface area (Å²) in [6.07, 6.45) is 6.31. The molecule has 0 radical (unpaired) electrons. The second-order valence-electron chi connectivity index (χ2n) is 6.05. The van der Waals surface area contributed by atoms with Crippen LogP contribution in [0.3, 0.4) is 0 Å². The Bertz CT molecular complexity index is 931. The van der Waals surface area contributed by atoms with E-state index >= 15 is 0 Å². The Hall–Kier alpha value is -2.10. The molecule has 1 aliphatic carbocycles. The number of benzene rings is 2. The average molecular weight is 478 g/mol. The highest BCUT2D eigenvalue weighted by Gasteiger charge is 2.48. The van der Waals surface area contributed by atoms with Crippen LogP contribution in [-0.4, -0.2) is 23.5 Å². The van der Waals surface area contributed by atoms with E-state index in [1.807, 2.05) is 30.3 Å². The fraction of sp³-hybridized carbons (Fsp3) is 0.200. The second kappa shape index (κ2) is 7.26. The summed E-state index contributed by atoms with van der Waals surface area (Å²) in [7, 11) is 0. The Morgan fingerprint density at radius 2 is 1.96 bits per heavy atom. The van der Waals surface area contributed by atoms with Crippen LogP contribution in [0.4, 0.5) is 0 Å². The standard InChI is InChI=1S/C20H14Br2O4/c1-2-8-20(13-6-4-3-5-7-13)10-12-9-14(26-11-15(23)24)17(21)18(22)16(12)19(20)25/h1,3-7,9H,8,10-11H2,(H,23,24). The molecule has 4 nitrogen and oxygen atoms in total. The lowest BCUT2D eigenvalue weighted by atomic mass is 9.74. The minimum absolute atomic E-state index is 0.0472. The molecule has 0 saturated carbocycles. The summed E-state index contributed by atoms with van der Waals surface area (Å²) >= 11 is 6.84. The molecular formula is C20H14Br2O4. The Balaban J connectivity index is 2.12. The van der Waals surface area contributed by atoms with E-state index in [1.165, 1.54) is 0 Å². The highest BCUT2D eigenvalue weighted by Crippen LogP contribution is 2.48. The molecule has 0 aliphatic heterocycles. The van der Waals surface area contributed by atoms with Crippen molar-refractivity contribution in [1.29, 1.82) is 0 Å². The number of fused-ring (bicyclic) bond motifs is 1. The van der Waals surface area contributed by atoms with Crippen LogP contribution < -0.4 is 4.74 Å². The molecule has 0 fully saturated rings. The van der Waals surface area contributed by atoms with E-state index in [0.29, 0.717) is 26.7 Å². The summed E-state index contributed by atoms with van der Waals surface area (Å²) in [6.45, 7) is -0.466. The number of Topliss-reactive ketones (excluding diaryl/α,β-unsaturated/α-hetero) is 1. The summed E-state index contributed by atoms with van der Waals surface area (Å²) < 4.78 is 6.41. The van der Waals surface area contributed by atoms with Gasteiger partial charge in [0, 0.05) is 16.5 Å². The van der Waals surface area contributed by atoms with Gasteiger partial charge < -0.3 is 9.84 Å². The van der Waals surface area contributed by atoms with Gasteiger partial charge in [0.2, 0.25) is 0 Å². The molecule has 2 aromatic rings. The molecule has 1 unspecified atom stereocenters. The van der Waals surface area contributed by atoms with Crippen LogP contribution in [-0.2, 0) is 16.6 Å². The quantitative estimate of drug-likeness (QED) is 0.649. The number of carbonyl (C=O) groups is 2. The van der Waals surface area contributed by atoms with Gasteiger partial charge in [-0.05, 0) is 55.5 Å². The lowest BCUT2D eigenvalue weighted by Crippen LogP contribution is -2.32. The molecule has 132 valence electrons. The van der Waals surface area contributed by atoms with Crippen LogP contribution in [0.2, 0.25) is 0 Å². The number of ketones is 1. The van der Waals surface area contributed by atoms with Crippen molar-refractivity contribution in [1.82, 2.24) is 0 Å². The van der Waals surface area contributed by atoms with Gasteiger partial charge in [-0.2, -0.15) is 0 Å². The van der Waals surface area contributed by atoms with E-state index in [-0.39, 0.29) is 12.2 Å². The SMILES string of the molecule is C#CCC1(c2ccccc2)Cc2cc(OCC(=O)O)c(Br)c(Br)c2C1=O. The molecule has 3 rings (SSSR count). The average Bonchev–Trinajstić information content (AvgIpc) is 2.91. The third kappa shape index (κ3) is 3.06. The van der Waals surface area contributed by atoms with E-state index in [1.54, 1.807) is 6.07 Å². The molecule has 6 heteroatoms. The number of rotatable bonds is 5. The van der Waals surface area contributed by atoms with Gasteiger partial charge in [-0.1, -0.05) is 30.3 Å². The topological polar surface area (TPSA) is 63.6 Å². The first-order valence-electron chi connectivity index (χ1n) is 7.80. The van der Waals surface area contributed by atoms with Crippen molar-refractivity contribution in [3.05, 3.63) is 62.0 Å². The Labute approximate surface area is 167 Å². The minimum atomic E-state index is -1.07. The Morgan fingerprint density at radius 1 is 1.27 bits per heavy atom. The first-order chi connectivity index (χ1) is 12.4. The Morgan fingerprint density at radius 3 is 2.58 bits per heavy atom. The predicted molar refractivity (Wildman–Crippen MR) is 105 cm³/mol. The number of ether oxygens (including phenoxy) is 1.